The second-order valence-electron chi connectivity index (χ2n) is 3.20. The number of halogens is 2. The number of hydrogen-bond acceptors (Lipinski definition) is 2. The maximum absolute atomic E-state index is 5.55. The predicted octanol–water partition coefficient (Wildman–Crippen LogP) is 3.58. The molecule has 15 heavy (non-hydrogen) atoms. The summed E-state index contributed by atoms with van der Waals surface area (Å²) in [5, 5.41) is 0. The molecule has 82 valence electrons. The van der Waals surface area contributed by atoms with Crippen molar-refractivity contribution in [2.45, 2.75) is 6.92 Å². The fourth-order valence-corrected chi connectivity index (χ4v) is 2.65. The van der Waals surface area contributed by atoms with Crippen LogP contribution in [0.3, 0.4) is 0 Å². The molecule has 0 saturated heterocycles. The molecule has 2 nitrogen and oxygen atoms in total. The monoisotopic (exact) mass is 333 g/mol. The molecule has 4 heteroatoms. The Kier molecular flexibility index (Phi) is 4.83. The SMILES string of the molecule is COc1c(Br)cc(Br)cc1C=C(C)CN. The zero-order chi connectivity index (χ0) is 11.4. The first-order chi connectivity index (χ1) is 7.08. The van der Waals surface area contributed by atoms with Crippen molar-refractivity contribution in [2.75, 3.05) is 13.7 Å². The highest BCUT2D eigenvalue weighted by molar-refractivity contribution is 9.11. The van der Waals surface area contributed by atoms with Gasteiger partial charge in [0.15, 0.2) is 0 Å². The maximum atomic E-state index is 5.55. The van der Waals surface area contributed by atoms with Crippen LogP contribution < -0.4 is 10.5 Å². The van der Waals surface area contributed by atoms with E-state index in [2.05, 4.69) is 31.9 Å². The highest BCUT2D eigenvalue weighted by atomic mass is 79.9. The number of hydrogen-bond donors (Lipinski definition) is 1. The summed E-state index contributed by atoms with van der Waals surface area (Å²) in [6.07, 6.45) is 2.02. The molecule has 1 aromatic carbocycles. The molecule has 0 amide bonds. The number of ether oxygens (including phenoxy) is 1. The van der Waals surface area contributed by atoms with Crippen molar-refractivity contribution in [2.24, 2.45) is 5.73 Å². The fourth-order valence-electron chi connectivity index (χ4n) is 1.23. The summed E-state index contributed by atoms with van der Waals surface area (Å²) in [6, 6.07) is 3.96. The van der Waals surface area contributed by atoms with Gasteiger partial charge in [-0.2, -0.15) is 0 Å². The quantitative estimate of drug-likeness (QED) is 0.916. The van der Waals surface area contributed by atoms with Gasteiger partial charge in [0.1, 0.15) is 5.75 Å². The lowest BCUT2D eigenvalue weighted by Gasteiger charge is -2.09. The fraction of sp³-hybridized carbons (Fsp3) is 0.273. The van der Waals surface area contributed by atoms with Crippen LogP contribution in [-0.4, -0.2) is 13.7 Å². The number of rotatable bonds is 3. The average Bonchev–Trinajstić information content (AvgIpc) is 2.17. The van der Waals surface area contributed by atoms with Gasteiger partial charge in [-0.3, -0.25) is 0 Å². The molecule has 0 radical (unpaired) electrons. The van der Waals surface area contributed by atoms with Crippen molar-refractivity contribution in [1.29, 1.82) is 0 Å². The Morgan fingerprint density at radius 1 is 1.47 bits per heavy atom. The molecule has 0 aromatic heterocycles. The summed E-state index contributed by atoms with van der Waals surface area (Å²) >= 11 is 6.90. The minimum absolute atomic E-state index is 0.549. The van der Waals surface area contributed by atoms with Crippen LogP contribution in [0.2, 0.25) is 0 Å². The van der Waals surface area contributed by atoms with Gasteiger partial charge in [0.25, 0.3) is 0 Å². The molecule has 1 aromatic rings. The van der Waals surface area contributed by atoms with Crippen molar-refractivity contribution >= 4 is 37.9 Å². The molecule has 0 heterocycles. The van der Waals surface area contributed by atoms with Gasteiger partial charge < -0.3 is 10.5 Å². The van der Waals surface area contributed by atoms with Gasteiger partial charge in [-0.05, 0) is 35.0 Å². The van der Waals surface area contributed by atoms with Crippen LogP contribution in [0.25, 0.3) is 6.08 Å². The second kappa shape index (κ2) is 5.68. The predicted molar refractivity (Wildman–Crippen MR) is 71.1 cm³/mol. The normalized spacial score (nSPS) is 11.7. The molecule has 1 rings (SSSR count). The maximum Gasteiger partial charge on any atom is 0.140 e. The third kappa shape index (κ3) is 3.33. The summed E-state index contributed by atoms with van der Waals surface area (Å²) in [5.74, 6) is 0.825. The third-order valence-electron chi connectivity index (χ3n) is 1.97. The molecule has 0 spiro atoms. The Bertz CT molecular complexity index is 388. The van der Waals surface area contributed by atoms with E-state index in [1.165, 1.54) is 0 Å². The first-order valence-corrected chi connectivity index (χ1v) is 6.07. The number of nitrogens with two attached hydrogens (primary N) is 1. The molecule has 0 atom stereocenters. The van der Waals surface area contributed by atoms with E-state index in [9.17, 15) is 0 Å². The van der Waals surface area contributed by atoms with Gasteiger partial charge >= 0.3 is 0 Å². The number of benzene rings is 1. The molecule has 0 aliphatic rings. The van der Waals surface area contributed by atoms with Crippen molar-refractivity contribution in [3.05, 3.63) is 32.2 Å². The lowest BCUT2D eigenvalue weighted by molar-refractivity contribution is 0.411. The third-order valence-corrected chi connectivity index (χ3v) is 3.01. The first kappa shape index (κ1) is 12.7. The minimum atomic E-state index is 0.549. The lowest BCUT2D eigenvalue weighted by Crippen LogP contribution is -1.99. The summed E-state index contributed by atoms with van der Waals surface area (Å²) in [7, 11) is 1.66. The van der Waals surface area contributed by atoms with Gasteiger partial charge in [0, 0.05) is 16.6 Å². The molecule has 0 saturated carbocycles. The zero-order valence-corrected chi connectivity index (χ0v) is 11.9. The van der Waals surface area contributed by atoms with Crippen LogP contribution in [0, 0.1) is 0 Å². The van der Waals surface area contributed by atoms with Crippen LogP contribution in [0.4, 0.5) is 0 Å². The van der Waals surface area contributed by atoms with E-state index in [1.807, 2.05) is 25.1 Å². The molecule has 0 aliphatic carbocycles. The van der Waals surface area contributed by atoms with Crippen LogP contribution in [-0.2, 0) is 0 Å². The highest BCUT2D eigenvalue weighted by Gasteiger charge is 2.07. The summed E-state index contributed by atoms with van der Waals surface area (Å²) in [4.78, 5) is 0. The molecular formula is C11H13Br2NO. The molecule has 0 bridgehead atoms. The van der Waals surface area contributed by atoms with Crippen molar-refractivity contribution in [1.82, 2.24) is 0 Å². The van der Waals surface area contributed by atoms with Gasteiger partial charge in [-0.15, -0.1) is 0 Å². The largest absolute Gasteiger partial charge is 0.495 e. The molecule has 0 aliphatic heterocycles. The van der Waals surface area contributed by atoms with Crippen LogP contribution >= 0.6 is 31.9 Å². The Balaban J connectivity index is 3.26. The van der Waals surface area contributed by atoms with E-state index in [1.54, 1.807) is 7.11 Å². The Hall–Kier alpha value is -0.320. The van der Waals surface area contributed by atoms with E-state index in [4.69, 9.17) is 10.5 Å². The van der Waals surface area contributed by atoms with E-state index in [0.29, 0.717) is 6.54 Å². The summed E-state index contributed by atoms with van der Waals surface area (Å²) in [6.45, 7) is 2.54. The van der Waals surface area contributed by atoms with Crippen LogP contribution in [0.15, 0.2) is 26.7 Å². The Morgan fingerprint density at radius 3 is 2.67 bits per heavy atom. The first-order valence-electron chi connectivity index (χ1n) is 4.48. The van der Waals surface area contributed by atoms with Gasteiger partial charge in [0.05, 0.1) is 11.6 Å². The van der Waals surface area contributed by atoms with Gasteiger partial charge in [0.2, 0.25) is 0 Å². The summed E-state index contributed by atoms with van der Waals surface area (Å²) in [5.41, 5.74) is 7.68. The topological polar surface area (TPSA) is 35.2 Å². The van der Waals surface area contributed by atoms with E-state index >= 15 is 0 Å². The van der Waals surface area contributed by atoms with Crippen molar-refractivity contribution < 1.29 is 4.74 Å². The van der Waals surface area contributed by atoms with E-state index in [-0.39, 0.29) is 0 Å². The molecule has 0 unspecified atom stereocenters. The average molecular weight is 335 g/mol. The van der Waals surface area contributed by atoms with Crippen molar-refractivity contribution in [3.63, 3.8) is 0 Å². The van der Waals surface area contributed by atoms with E-state index < -0.39 is 0 Å². The van der Waals surface area contributed by atoms with Crippen LogP contribution in [0.1, 0.15) is 12.5 Å². The molecule has 0 fully saturated rings. The minimum Gasteiger partial charge on any atom is -0.495 e. The van der Waals surface area contributed by atoms with Gasteiger partial charge in [-0.25, -0.2) is 0 Å². The smallest absolute Gasteiger partial charge is 0.140 e. The van der Waals surface area contributed by atoms with E-state index in [0.717, 1.165) is 25.8 Å². The van der Waals surface area contributed by atoms with Crippen LogP contribution in [0.5, 0.6) is 5.75 Å². The van der Waals surface area contributed by atoms with Gasteiger partial charge in [-0.1, -0.05) is 27.6 Å². The Morgan fingerprint density at radius 2 is 2.13 bits per heavy atom. The van der Waals surface area contributed by atoms with Crippen molar-refractivity contribution in [3.8, 4) is 5.75 Å². The summed E-state index contributed by atoms with van der Waals surface area (Å²) < 4.78 is 7.26. The number of methoxy groups -OCH3 is 1. The lowest BCUT2D eigenvalue weighted by atomic mass is 10.1. The Labute approximate surface area is 107 Å². The standard InChI is InChI=1S/C11H13Br2NO/c1-7(6-14)3-8-4-9(12)5-10(13)11(8)15-2/h3-5H,6,14H2,1-2H3. The molecular weight excluding hydrogens is 322 g/mol. The molecule has 2 N–H and O–H groups in total. The highest BCUT2D eigenvalue weighted by Crippen LogP contribution is 2.33. The zero-order valence-electron chi connectivity index (χ0n) is 8.68. The second-order valence-corrected chi connectivity index (χ2v) is 4.97.